The minimum atomic E-state index is -0.000144. The van der Waals surface area contributed by atoms with Gasteiger partial charge in [0.2, 0.25) is 0 Å². The average Bonchev–Trinajstić information content (AvgIpc) is 2.64. The van der Waals surface area contributed by atoms with Crippen molar-refractivity contribution in [1.29, 1.82) is 0 Å². The van der Waals surface area contributed by atoms with Crippen molar-refractivity contribution < 1.29 is 9.69 Å². The summed E-state index contributed by atoms with van der Waals surface area (Å²) in [6.07, 6.45) is 0. The lowest BCUT2D eigenvalue weighted by Gasteiger charge is -2.15. The van der Waals surface area contributed by atoms with Crippen molar-refractivity contribution >= 4 is 23.2 Å². The third-order valence-electron chi connectivity index (χ3n) is 4.17. The fourth-order valence-corrected chi connectivity index (χ4v) is 3.07. The second kappa shape index (κ2) is 8.65. The molecular weight excluding hydrogens is 344 g/mol. The summed E-state index contributed by atoms with van der Waals surface area (Å²) in [5.74, 6) is -0.000144. The highest BCUT2D eigenvalue weighted by atomic mass is 35.5. The summed E-state index contributed by atoms with van der Waals surface area (Å²) in [4.78, 5) is 13.6. The van der Waals surface area contributed by atoms with Gasteiger partial charge in [-0.05, 0) is 23.8 Å². The van der Waals surface area contributed by atoms with Crippen molar-refractivity contribution in [3.63, 3.8) is 0 Å². The molecule has 1 atom stereocenters. The Morgan fingerprint density at radius 3 is 2.31 bits per heavy atom. The predicted molar refractivity (Wildman–Crippen MR) is 107 cm³/mol. The lowest BCUT2D eigenvalue weighted by Crippen LogP contribution is -3.08. The van der Waals surface area contributed by atoms with E-state index >= 15 is 0 Å². The Hall–Kier alpha value is -2.62. The Morgan fingerprint density at radius 2 is 1.58 bits per heavy atom. The lowest BCUT2D eigenvalue weighted by atomic mass is 10.0. The predicted octanol–water partition coefficient (Wildman–Crippen LogP) is 3.66. The quantitative estimate of drug-likeness (QED) is 0.686. The number of hydrogen-bond donors (Lipinski definition) is 2. The molecule has 0 fully saturated rings. The van der Waals surface area contributed by atoms with Gasteiger partial charge in [-0.2, -0.15) is 0 Å². The number of quaternary nitrogens is 1. The maximum atomic E-state index is 12.5. The summed E-state index contributed by atoms with van der Waals surface area (Å²) in [6.45, 7) is 1.16. The Morgan fingerprint density at radius 1 is 0.923 bits per heavy atom. The van der Waals surface area contributed by atoms with E-state index in [0.717, 1.165) is 38.8 Å². The van der Waals surface area contributed by atoms with Crippen LogP contribution in [0.25, 0.3) is 11.1 Å². The molecule has 26 heavy (non-hydrogen) atoms. The third-order valence-corrected chi connectivity index (χ3v) is 4.42. The van der Waals surface area contributed by atoms with E-state index in [1.807, 2.05) is 85.9 Å². The van der Waals surface area contributed by atoms with E-state index in [-0.39, 0.29) is 5.91 Å². The molecule has 0 heterocycles. The number of rotatable bonds is 6. The van der Waals surface area contributed by atoms with Gasteiger partial charge in [-0.15, -0.1) is 0 Å². The monoisotopic (exact) mass is 365 g/mol. The fourth-order valence-electron chi connectivity index (χ4n) is 2.94. The largest absolute Gasteiger partial charge is 0.326 e. The number of anilines is 1. The smallest absolute Gasteiger partial charge is 0.279 e. The van der Waals surface area contributed by atoms with E-state index in [1.54, 1.807) is 0 Å². The first-order chi connectivity index (χ1) is 12.6. The molecule has 0 aliphatic heterocycles. The molecule has 3 rings (SSSR count). The number of carbonyl (C=O) groups excluding carboxylic acids is 1. The normalized spacial score (nSPS) is 11.8. The molecule has 4 heteroatoms. The number of amides is 1. The van der Waals surface area contributed by atoms with Crippen LogP contribution in [0.3, 0.4) is 0 Å². The van der Waals surface area contributed by atoms with E-state index in [2.05, 4.69) is 5.32 Å². The summed E-state index contributed by atoms with van der Waals surface area (Å²) in [5.41, 5.74) is 4.11. The van der Waals surface area contributed by atoms with Gasteiger partial charge < -0.3 is 10.2 Å². The SMILES string of the molecule is C[NH+](CC(=O)Nc1ccccc1-c1ccccc1)Cc1ccc(Cl)cc1. The molecule has 0 radical (unpaired) electrons. The molecule has 0 saturated carbocycles. The van der Waals surface area contributed by atoms with Gasteiger partial charge in [0.1, 0.15) is 6.54 Å². The van der Waals surface area contributed by atoms with E-state index in [0.29, 0.717) is 6.54 Å². The van der Waals surface area contributed by atoms with Crippen LogP contribution in [-0.2, 0) is 11.3 Å². The summed E-state index contributed by atoms with van der Waals surface area (Å²) in [6, 6.07) is 25.7. The number of nitrogens with one attached hydrogen (secondary N) is 2. The van der Waals surface area contributed by atoms with Crippen molar-refractivity contribution in [2.45, 2.75) is 6.54 Å². The van der Waals surface area contributed by atoms with Gasteiger partial charge in [-0.3, -0.25) is 4.79 Å². The lowest BCUT2D eigenvalue weighted by molar-refractivity contribution is -0.885. The molecule has 0 aromatic heterocycles. The number of halogens is 1. The summed E-state index contributed by atoms with van der Waals surface area (Å²) in [5, 5.41) is 3.78. The Labute approximate surface area is 159 Å². The molecule has 132 valence electrons. The molecule has 0 aliphatic carbocycles. The van der Waals surface area contributed by atoms with Crippen LogP contribution in [0.2, 0.25) is 5.02 Å². The van der Waals surface area contributed by atoms with Gasteiger partial charge >= 0.3 is 0 Å². The first kappa shape index (κ1) is 18.2. The van der Waals surface area contributed by atoms with Crippen LogP contribution in [0, 0.1) is 0 Å². The molecule has 3 aromatic rings. The Bertz CT molecular complexity index is 863. The fraction of sp³-hybridized carbons (Fsp3) is 0.136. The molecule has 2 N–H and O–H groups in total. The summed E-state index contributed by atoms with van der Waals surface area (Å²) in [7, 11) is 2.01. The number of likely N-dealkylation sites (N-methyl/N-ethyl adjacent to an activating group) is 1. The van der Waals surface area contributed by atoms with E-state index in [1.165, 1.54) is 0 Å². The van der Waals surface area contributed by atoms with Gasteiger partial charge in [0.05, 0.1) is 7.05 Å². The molecule has 3 nitrogen and oxygen atoms in total. The second-order valence-corrected chi connectivity index (χ2v) is 6.83. The Balaban J connectivity index is 1.64. The molecule has 3 aromatic carbocycles. The zero-order chi connectivity index (χ0) is 18.4. The van der Waals surface area contributed by atoms with Gasteiger partial charge in [-0.25, -0.2) is 0 Å². The van der Waals surface area contributed by atoms with Crippen molar-refractivity contribution in [1.82, 2.24) is 0 Å². The highest BCUT2D eigenvalue weighted by molar-refractivity contribution is 6.30. The van der Waals surface area contributed by atoms with Crippen LogP contribution in [0.15, 0.2) is 78.9 Å². The summed E-state index contributed by atoms with van der Waals surface area (Å²) < 4.78 is 0. The van der Waals surface area contributed by atoms with Crippen molar-refractivity contribution in [2.75, 3.05) is 18.9 Å². The number of hydrogen-bond acceptors (Lipinski definition) is 1. The first-order valence-electron chi connectivity index (χ1n) is 8.62. The third kappa shape index (κ3) is 4.94. The molecule has 0 saturated heterocycles. The highest BCUT2D eigenvalue weighted by Crippen LogP contribution is 2.27. The molecule has 0 aliphatic rings. The standard InChI is InChI=1S/C22H21ClN2O/c1-25(15-17-11-13-19(23)14-12-17)16-22(26)24-21-10-6-5-9-20(21)18-7-3-2-4-8-18/h2-14H,15-16H2,1H3,(H,24,26)/p+1. The minimum absolute atomic E-state index is 0.000144. The van der Waals surface area contributed by atoms with Gasteiger partial charge in [-0.1, -0.05) is 72.3 Å². The van der Waals surface area contributed by atoms with E-state index in [9.17, 15) is 4.79 Å². The van der Waals surface area contributed by atoms with E-state index < -0.39 is 0 Å². The van der Waals surface area contributed by atoms with Crippen molar-refractivity contribution in [3.05, 3.63) is 89.4 Å². The summed E-state index contributed by atoms with van der Waals surface area (Å²) >= 11 is 5.92. The first-order valence-corrected chi connectivity index (χ1v) is 8.99. The van der Waals surface area contributed by atoms with Crippen LogP contribution >= 0.6 is 11.6 Å². The molecular formula is C22H22ClN2O+. The molecule has 0 spiro atoms. The maximum absolute atomic E-state index is 12.5. The van der Waals surface area contributed by atoms with Gasteiger partial charge in [0, 0.05) is 21.8 Å². The highest BCUT2D eigenvalue weighted by Gasteiger charge is 2.13. The second-order valence-electron chi connectivity index (χ2n) is 6.40. The zero-order valence-electron chi connectivity index (χ0n) is 14.7. The van der Waals surface area contributed by atoms with Crippen LogP contribution in [0.4, 0.5) is 5.69 Å². The number of benzene rings is 3. The average molecular weight is 366 g/mol. The molecule has 0 bridgehead atoms. The van der Waals surface area contributed by atoms with Gasteiger partial charge in [0.15, 0.2) is 6.54 Å². The van der Waals surface area contributed by atoms with Crippen LogP contribution < -0.4 is 10.2 Å². The van der Waals surface area contributed by atoms with Gasteiger partial charge in [0.25, 0.3) is 5.91 Å². The molecule has 1 unspecified atom stereocenters. The number of carbonyl (C=O) groups is 1. The maximum Gasteiger partial charge on any atom is 0.279 e. The van der Waals surface area contributed by atoms with Crippen LogP contribution in [0.1, 0.15) is 5.56 Å². The van der Waals surface area contributed by atoms with Crippen molar-refractivity contribution in [2.24, 2.45) is 0 Å². The molecule has 1 amide bonds. The topological polar surface area (TPSA) is 33.5 Å². The van der Waals surface area contributed by atoms with E-state index in [4.69, 9.17) is 11.6 Å². The number of para-hydroxylation sites is 1. The van der Waals surface area contributed by atoms with Crippen molar-refractivity contribution in [3.8, 4) is 11.1 Å². The minimum Gasteiger partial charge on any atom is -0.326 e. The Kier molecular flexibility index (Phi) is 6.05. The van der Waals surface area contributed by atoms with Crippen LogP contribution in [-0.4, -0.2) is 19.5 Å². The zero-order valence-corrected chi connectivity index (χ0v) is 15.5. The van der Waals surface area contributed by atoms with Crippen LogP contribution in [0.5, 0.6) is 0 Å².